The van der Waals surface area contributed by atoms with Gasteiger partial charge in [-0.15, -0.1) is 0 Å². The third-order valence-corrected chi connectivity index (χ3v) is 6.41. The zero-order valence-electron chi connectivity index (χ0n) is 16.9. The van der Waals surface area contributed by atoms with Gasteiger partial charge in [-0.2, -0.15) is 0 Å². The van der Waals surface area contributed by atoms with Gasteiger partial charge in [-0.25, -0.2) is 4.57 Å². The summed E-state index contributed by atoms with van der Waals surface area (Å²) in [6, 6.07) is 30.3. The van der Waals surface area contributed by atoms with Gasteiger partial charge in [0.1, 0.15) is 0 Å². The van der Waals surface area contributed by atoms with E-state index in [9.17, 15) is 4.57 Å². The molecule has 0 aliphatic heterocycles. The Balaban J connectivity index is 2.16. The maximum atomic E-state index is 13.1. The number of benzene rings is 3. The second kappa shape index (κ2) is 10.00. The third kappa shape index (κ3) is 4.85. The van der Waals surface area contributed by atoms with Crippen LogP contribution in [0, 0.1) is 0 Å². The minimum absolute atomic E-state index is 0.113. The van der Waals surface area contributed by atoms with E-state index < -0.39 is 13.2 Å². The number of phosphoric ester groups is 1. The molecule has 0 spiro atoms. The van der Waals surface area contributed by atoms with Crippen LogP contribution in [-0.4, -0.2) is 19.8 Å². The van der Waals surface area contributed by atoms with E-state index in [-0.39, 0.29) is 19.8 Å². The van der Waals surface area contributed by atoms with Gasteiger partial charge < -0.3 is 0 Å². The van der Waals surface area contributed by atoms with E-state index in [2.05, 4.69) is 36.4 Å². The lowest BCUT2D eigenvalue weighted by Gasteiger charge is -2.36. The Labute approximate surface area is 173 Å². The molecule has 0 saturated heterocycles. The number of rotatable bonds is 10. The fourth-order valence-corrected chi connectivity index (χ4v) is 4.73. The van der Waals surface area contributed by atoms with Gasteiger partial charge in [-0.05, 0) is 30.5 Å². The van der Waals surface area contributed by atoms with Gasteiger partial charge in [-0.3, -0.25) is 13.6 Å². The summed E-state index contributed by atoms with van der Waals surface area (Å²) >= 11 is 0. The highest BCUT2D eigenvalue weighted by Gasteiger charge is 2.40. The first-order valence-corrected chi connectivity index (χ1v) is 11.3. The molecule has 3 rings (SSSR count). The Morgan fingerprint density at radius 2 is 0.966 bits per heavy atom. The van der Waals surface area contributed by atoms with Gasteiger partial charge in [0.15, 0.2) is 0 Å². The summed E-state index contributed by atoms with van der Waals surface area (Å²) in [5, 5.41) is 0. The van der Waals surface area contributed by atoms with Crippen LogP contribution in [0.4, 0.5) is 0 Å². The van der Waals surface area contributed by atoms with Crippen molar-refractivity contribution in [3.63, 3.8) is 0 Å². The molecule has 0 unspecified atom stereocenters. The topological polar surface area (TPSA) is 44.8 Å². The van der Waals surface area contributed by atoms with Gasteiger partial charge in [-0.1, -0.05) is 91.0 Å². The second-order valence-electron chi connectivity index (χ2n) is 6.56. The molecule has 29 heavy (non-hydrogen) atoms. The summed E-state index contributed by atoms with van der Waals surface area (Å²) in [7, 11) is -3.68. The van der Waals surface area contributed by atoms with Crippen LogP contribution in [0.2, 0.25) is 0 Å². The zero-order valence-corrected chi connectivity index (χ0v) is 17.8. The van der Waals surface area contributed by atoms with E-state index >= 15 is 0 Å². The largest absolute Gasteiger partial charge is 0.474 e. The molecule has 0 radical (unpaired) electrons. The van der Waals surface area contributed by atoms with Crippen molar-refractivity contribution in [1.29, 1.82) is 0 Å². The van der Waals surface area contributed by atoms with Crippen molar-refractivity contribution < 1.29 is 18.1 Å². The van der Waals surface area contributed by atoms with E-state index in [0.717, 1.165) is 16.7 Å². The summed E-state index contributed by atoms with van der Waals surface area (Å²) in [6.45, 7) is 4.14. The lowest BCUT2D eigenvalue weighted by atomic mass is 9.70. The Bertz CT molecular complexity index is 807. The maximum absolute atomic E-state index is 13.1. The predicted molar refractivity (Wildman–Crippen MR) is 116 cm³/mol. The van der Waals surface area contributed by atoms with Crippen LogP contribution in [0.5, 0.6) is 0 Å². The summed E-state index contributed by atoms with van der Waals surface area (Å²) in [6.07, 6.45) is 0. The molecule has 0 atom stereocenters. The Morgan fingerprint density at radius 3 is 1.28 bits per heavy atom. The average Bonchev–Trinajstić information content (AvgIpc) is 2.77. The van der Waals surface area contributed by atoms with Gasteiger partial charge in [0.25, 0.3) is 0 Å². The first-order valence-electron chi connectivity index (χ1n) is 9.85. The minimum atomic E-state index is -3.68. The molecule has 152 valence electrons. The summed E-state index contributed by atoms with van der Waals surface area (Å²) in [4.78, 5) is 0. The smallest absolute Gasteiger partial charge is 0.287 e. The first kappa shape index (κ1) is 21.5. The van der Waals surface area contributed by atoms with Gasteiger partial charge in [0.2, 0.25) is 0 Å². The summed E-state index contributed by atoms with van der Waals surface area (Å²) in [5.41, 5.74) is 2.44. The Hall–Kier alpha value is -2.23. The van der Waals surface area contributed by atoms with Crippen LogP contribution in [0.15, 0.2) is 91.0 Å². The van der Waals surface area contributed by atoms with Gasteiger partial charge in [0.05, 0.1) is 25.2 Å². The van der Waals surface area contributed by atoms with Crippen LogP contribution in [-0.2, 0) is 23.6 Å². The van der Waals surface area contributed by atoms with Crippen molar-refractivity contribution >= 4 is 7.82 Å². The van der Waals surface area contributed by atoms with Crippen molar-refractivity contribution in [2.45, 2.75) is 19.3 Å². The average molecular weight is 410 g/mol. The molecule has 0 N–H and O–H groups in total. The molecule has 5 heteroatoms. The lowest BCUT2D eigenvalue weighted by Crippen LogP contribution is -2.34. The Kier molecular flexibility index (Phi) is 7.40. The predicted octanol–water partition coefficient (Wildman–Crippen LogP) is 6.22. The molecule has 0 aromatic heterocycles. The highest BCUT2D eigenvalue weighted by atomic mass is 31.2. The van der Waals surface area contributed by atoms with Crippen molar-refractivity contribution in [3.8, 4) is 0 Å². The Morgan fingerprint density at radius 1 is 0.621 bits per heavy atom. The lowest BCUT2D eigenvalue weighted by molar-refractivity contribution is 0.111. The van der Waals surface area contributed by atoms with E-state index in [1.807, 2.05) is 54.6 Å². The van der Waals surface area contributed by atoms with Crippen molar-refractivity contribution in [3.05, 3.63) is 108 Å². The van der Waals surface area contributed by atoms with Crippen LogP contribution >= 0.6 is 7.82 Å². The maximum Gasteiger partial charge on any atom is 0.474 e. The molecule has 0 heterocycles. The first-order chi connectivity index (χ1) is 14.1. The fraction of sp³-hybridized carbons (Fsp3) is 0.250. The van der Waals surface area contributed by atoms with E-state index in [1.165, 1.54) is 0 Å². The third-order valence-electron chi connectivity index (χ3n) is 4.81. The monoisotopic (exact) mass is 410 g/mol. The second-order valence-corrected chi connectivity index (χ2v) is 8.23. The fourth-order valence-electron chi connectivity index (χ4n) is 3.52. The standard InChI is InChI=1S/C24H27O4P/c1-3-26-29(25,27-4-2)28-20-24(21-14-8-5-9-15-21,22-16-10-6-11-17-22)23-18-12-7-13-19-23/h5-19H,3-4,20H2,1-2H3. The normalized spacial score (nSPS) is 12.1. The van der Waals surface area contributed by atoms with Crippen molar-refractivity contribution in [2.24, 2.45) is 0 Å². The SMILES string of the molecule is CCOP(=O)(OCC)OCC(c1ccccc1)(c1ccccc1)c1ccccc1. The number of phosphoric acid groups is 1. The van der Waals surface area contributed by atoms with Crippen LogP contribution in [0.3, 0.4) is 0 Å². The molecular formula is C24H27O4P. The minimum Gasteiger partial charge on any atom is -0.287 e. The number of hydrogen-bond donors (Lipinski definition) is 0. The van der Waals surface area contributed by atoms with E-state index in [4.69, 9.17) is 13.6 Å². The van der Waals surface area contributed by atoms with Crippen LogP contribution < -0.4 is 0 Å². The summed E-state index contributed by atoms with van der Waals surface area (Å²) in [5.74, 6) is 0. The molecule has 0 amide bonds. The van der Waals surface area contributed by atoms with E-state index in [1.54, 1.807) is 13.8 Å². The zero-order chi connectivity index (χ0) is 20.6. The summed E-state index contributed by atoms with van der Waals surface area (Å²) < 4.78 is 29.8. The van der Waals surface area contributed by atoms with Gasteiger partial charge in [0, 0.05) is 0 Å². The highest BCUT2D eigenvalue weighted by molar-refractivity contribution is 7.48. The molecule has 0 fully saturated rings. The molecule has 3 aromatic carbocycles. The molecule has 0 aliphatic rings. The van der Waals surface area contributed by atoms with Crippen LogP contribution in [0.25, 0.3) is 0 Å². The molecule has 3 aromatic rings. The molecular weight excluding hydrogens is 383 g/mol. The molecule has 0 aliphatic carbocycles. The quantitative estimate of drug-likeness (QED) is 0.294. The van der Waals surface area contributed by atoms with Gasteiger partial charge >= 0.3 is 7.82 Å². The van der Waals surface area contributed by atoms with Crippen molar-refractivity contribution in [2.75, 3.05) is 19.8 Å². The molecule has 0 bridgehead atoms. The molecule has 0 saturated carbocycles. The van der Waals surface area contributed by atoms with Crippen LogP contribution in [0.1, 0.15) is 30.5 Å². The number of hydrogen-bond acceptors (Lipinski definition) is 4. The van der Waals surface area contributed by atoms with Crippen molar-refractivity contribution in [1.82, 2.24) is 0 Å². The van der Waals surface area contributed by atoms with E-state index in [0.29, 0.717) is 0 Å². The molecule has 4 nitrogen and oxygen atoms in total. The highest BCUT2D eigenvalue weighted by Crippen LogP contribution is 2.52.